The lowest BCUT2D eigenvalue weighted by molar-refractivity contribution is -0.213. The van der Waals surface area contributed by atoms with Crippen molar-refractivity contribution in [3.05, 3.63) is 24.3 Å². The Morgan fingerprint density at radius 2 is 1.90 bits per heavy atom. The monoisotopic (exact) mass is 286 g/mol. The number of likely N-dealkylation sites (N-methyl/N-ethyl adjacent to an activating group) is 1. The van der Waals surface area contributed by atoms with E-state index in [-0.39, 0.29) is 17.8 Å². The van der Waals surface area contributed by atoms with Crippen LogP contribution in [-0.2, 0) is 10.5 Å². The molecule has 0 saturated heterocycles. The number of fused-ring (bicyclic) bond motifs is 1. The van der Waals surface area contributed by atoms with Crippen molar-refractivity contribution < 1.29 is 18.0 Å². The molecule has 2 N–H and O–H groups in total. The van der Waals surface area contributed by atoms with Gasteiger partial charge in [0, 0.05) is 7.05 Å². The molecule has 1 atom stereocenters. The zero-order chi connectivity index (χ0) is 15.0. The average Bonchev–Trinajstić information content (AvgIpc) is 2.79. The minimum Gasteiger partial charge on any atom is -0.359 e. The Kier molecular flexibility index (Phi) is 3.43. The smallest absolute Gasteiger partial charge is 0.359 e. The fraction of sp³-hybridized carbons (Fsp3) is 0.333. The van der Waals surface area contributed by atoms with Gasteiger partial charge in [-0.05, 0) is 19.2 Å². The van der Waals surface area contributed by atoms with Crippen molar-refractivity contribution in [1.82, 2.24) is 14.9 Å². The third-order valence-corrected chi connectivity index (χ3v) is 3.12. The Balaban J connectivity index is 2.86. The van der Waals surface area contributed by atoms with E-state index in [2.05, 4.69) is 15.6 Å². The number of nitrogens with one attached hydrogen (secondary N) is 2. The van der Waals surface area contributed by atoms with Crippen LogP contribution in [0, 0.1) is 0 Å². The van der Waals surface area contributed by atoms with Crippen LogP contribution in [0.3, 0.4) is 0 Å². The number of imidazole rings is 1. The van der Waals surface area contributed by atoms with Gasteiger partial charge in [0.2, 0.25) is 5.95 Å². The fourth-order valence-electron chi connectivity index (χ4n) is 2.11. The minimum absolute atomic E-state index is 0.0509. The summed E-state index contributed by atoms with van der Waals surface area (Å²) in [5.74, 6) is -0.0509. The van der Waals surface area contributed by atoms with Crippen LogP contribution in [-0.4, -0.2) is 36.1 Å². The highest BCUT2D eigenvalue weighted by molar-refractivity contribution is 5.81. The number of anilines is 1. The van der Waals surface area contributed by atoms with E-state index in [0.717, 1.165) is 11.6 Å². The topological polar surface area (TPSA) is 59.0 Å². The van der Waals surface area contributed by atoms with E-state index in [0.29, 0.717) is 5.52 Å². The van der Waals surface area contributed by atoms with Crippen molar-refractivity contribution in [2.75, 3.05) is 19.4 Å². The highest BCUT2D eigenvalue weighted by Crippen LogP contribution is 2.37. The zero-order valence-electron chi connectivity index (χ0n) is 10.8. The van der Waals surface area contributed by atoms with Gasteiger partial charge in [0.05, 0.1) is 11.0 Å². The number of aldehydes is 1. The molecule has 0 spiro atoms. The summed E-state index contributed by atoms with van der Waals surface area (Å²) in [7, 11) is 2.52. The summed E-state index contributed by atoms with van der Waals surface area (Å²) in [6.07, 6.45) is -4.99. The number of carbonyl (C=O) groups excluding carboxylic acids is 1. The molecule has 8 heteroatoms. The van der Waals surface area contributed by atoms with Crippen molar-refractivity contribution >= 4 is 23.3 Å². The molecule has 5 nitrogen and oxygen atoms in total. The van der Waals surface area contributed by atoms with Crippen LogP contribution < -0.4 is 10.6 Å². The standard InChI is InChI=1S/C12H13F3N4O/c1-16-10-18-8-5-3-4-6-9(8)19(10)11(7-20,17-2)12(13,14)15/h3-7,17H,1-2H3,(H,16,18). The summed E-state index contributed by atoms with van der Waals surface area (Å²) < 4.78 is 41.1. The van der Waals surface area contributed by atoms with Gasteiger partial charge in [0.1, 0.15) is 0 Å². The number of carbonyl (C=O) groups is 1. The molecule has 1 heterocycles. The number of hydrogen-bond acceptors (Lipinski definition) is 4. The Hall–Kier alpha value is -2.09. The van der Waals surface area contributed by atoms with Crippen LogP contribution in [0.15, 0.2) is 24.3 Å². The number of aromatic nitrogens is 2. The van der Waals surface area contributed by atoms with Crippen LogP contribution in [0.25, 0.3) is 11.0 Å². The molecular formula is C12H13F3N4O. The lowest BCUT2D eigenvalue weighted by Crippen LogP contribution is -2.58. The molecule has 0 saturated carbocycles. The van der Waals surface area contributed by atoms with E-state index in [4.69, 9.17) is 0 Å². The lowest BCUT2D eigenvalue weighted by Gasteiger charge is -2.32. The maximum atomic E-state index is 13.4. The fourth-order valence-corrected chi connectivity index (χ4v) is 2.11. The van der Waals surface area contributed by atoms with E-state index in [1.807, 2.05) is 0 Å². The molecule has 0 bridgehead atoms. The van der Waals surface area contributed by atoms with Crippen LogP contribution >= 0.6 is 0 Å². The van der Waals surface area contributed by atoms with Gasteiger partial charge in [0.15, 0.2) is 6.29 Å². The van der Waals surface area contributed by atoms with Crippen LogP contribution in [0.5, 0.6) is 0 Å². The number of halogens is 3. The molecule has 20 heavy (non-hydrogen) atoms. The number of hydrogen-bond donors (Lipinski definition) is 2. The second kappa shape index (κ2) is 4.78. The van der Waals surface area contributed by atoms with E-state index < -0.39 is 11.8 Å². The molecule has 0 aliphatic rings. The normalized spacial score (nSPS) is 15.1. The maximum Gasteiger partial charge on any atom is 0.432 e. The first-order valence-corrected chi connectivity index (χ1v) is 5.79. The van der Waals surface area contributed by atoms with Gasteiger partial charge in [-0.25, -0.2) is 4.98 Å². The van der Waals surface area contributed by atoms with Gasteiger partial charge in [0.25, 0.3) is 5.66 Å². The van der Waals surface area contributed by atoms with Crippen molar-refractivity contribution in [3.63, 3.8) is 0 Å². The van der Waals surface area contributed by atoms with Gasteiger partial charge in [-0.1, -0.05) is 12.1 Å². The summed E-state index contributed by atoms with van der Waals surface area (Å²) >= 11 is 0. The van der Waals surface area contributed by atoms with Gasteiger partial charge >= 0.3 is 6.18 Å². The highest BCUT2D eigenvalue weighted by atomic mass is 19.4. The molecule has 0 aliphatic carbocycles. The molecule has 0 aliphatic heterocycles. The van der Waals surface area contributed by atoms with Crippen molar-refractivity contribution in [2.24, 2.45) is 0 Å². The number of nitrogens with zero attached hydrogens (tertiary/aromatic N) is 2. The van der Waals surface area contributed by atoms with Crippen LogP contribution in [0.2, 0.25) is 0 Å². The molecular weight excluding hydrogens is 273 g/mol. The third-order valence-electron chi connectivity index (χ3n) is 3.12. The number of alkyl halides is 3. The minimum atomic E-state index is -4.82. The average molecular weight is 286 g/mol. The second-order valence-corrected chi connectivity index (χ2v) is 4.14. The van der Waals surface area contributed by atoms with Gasteiger partial charge in [-0.15, -0.1) is 0 Å². The first-order chi connectivity index (χ1) is 9.41. The molecule has 2 rings (SSSR count). The summed E-state index contributed by atoms with van der Waals surface area (Å²) in [6, 6.07) is 6.30. The van der Waals surface area contributed by atoms with Crippen LogP contribution in [0.1, 0.15) is 0 Å². The Morgan fingerprint density at radius 3 is 2.40 bits per heavy atom. The first kappa shape index (κ1) is 14.3. The lowest BCUT2D eigenvalue weighted by atomic mass is 10.1. The number of para-hydroxylation sites is 2. The summed E-state index contributed by atoms with van der Waals surface area (Å²) in [5.41, 5.74) is -2.31. The van der Waals surface area contributed by atoms with E-state index >= 15 is 0 Å². The Labute approximate surface area is 112 Å². The molecule has 0 radical (unpaired) electrons. The predicted molar refractivity (Wildman–Crippen MR) is 68.4 cm³/mol. The highest BCUT2D eigenvalue weighted by Gasteiger charge is 2.57. The van der Waals surface area contributed by atoms with Gasteiger partial charge < -0.3 is 5.32 Å². The molecule has 0 fully saturated rings. The SMILES string of the molecule is CNc1nc2ccccc2n1C(C=O)(NC)C(F)(F)F. The molecule has 1 unspecified atom stereocenters. The first-order valence-electron chi connectivity index (χ1n) is 5.79. The third kappa shape index (κ3) is 1.83. The number of rotatable bonds is 4. The molecule has 1 aromatic carbocycles. The van der Waals surface area contributed by atoms with E-state index in [9.17, 15) is 18.0 Å². The summed E-state index contributed by atoms with van der Waals surface area (Å²) in [4.78, 5) is 15.3. The van der Waals surface area contributed by atoms with Crippen molar-refractivity contribution in [2.45, 2.75) is 11.8 Å². The second-order valence-electron chi connectivity index (χ2n) is 4.14. The van der Waals surface area contributed by atoms with Crippen LogP contribution in [0.4, 0.5) is 19.1 Å². The van der Waals surface area contributed by atoms with E-state index in [1.165, 1.54) is 13.1 Å². The predicted octanol–water partition coefficient (Wildman–Crippen LogP) is 1.71. The maximum absolute atomic E-state index is 13.4. The molecule has 2 aromatic rings. The molecule has 108 valence electrons. The zero-order valence-corrected chi connectivity index (χ0v) is 10.8. The van der Waals surface area contributed by atoms with Crippen molar-refractivity contribution in [1.29, 1.82) is 0 Å². The largest absolute Gasteiger partial charge is 0.432 e. The summed E-state index contributed by atoms with van der Waals surface area (Å²) in [6.45, 7) is 0. The molecule has 0 amide bonds. The van der Waals surface area contributed by atoms with Gasteiger partial charge in [-0.2, -0.15) is 13.2 Å². The molecule has 1 aromatic heterocycles. The summed E-state index contributed by atoms with van der Waals surface area (Å²) in [5, 5.41) is 4.65. The Bertz CT molecular complexity index is 637. The van der Waals surface area contributed by atoms with Gasteiger partial charge in [-0.3, -0.25) is 14.7 Å². The number of benzene rings is 1. The Morgan fingerprint density at radius 1 is 1.25 bits per heavy atom. The quantitative estimate of drug-likeness (QED) is 0.840. The van der Waals surface area contributed by atoms with E-state index in [1.54, 1.807) is 18.2 Å². The van der Waals surface area contributed by atoms with Crippen molar-refractivity contribution in [3.8, 4) is 0 Å².